The first-order chi connectivity index (χ1) is 11.6. The summed E-state index contributed by atoms with van der Waals surface area (Å²) in [5, 5.41) is 10.1. The van der Waals surface area contributed by atoms with Gasteiger partial charge in [0.2, 0.25) is 0 Å². The molecule has 1 N–H and O–H groups in total. The number of halogens is 1. The summed E-state index contributed by atoms with van der Waals surface area (Å²) in [5.74, 6) is -1.60. The van der Waals surface area contributed by atoms with Crippen molar-refractivity contribution in [1.82, 2.24) is 4.98 Å². The van der Waals surface area contributed by atoms with Crippen LogP contribution in [0.15, 0.2) is 54.7 Å². The zero-order valence-electron chi connectivity index (χ0n) is 13.4. The third-order valence-corrected chi connectivity index (χ3v) is 4.20. The van der Waals surface area contributed by atoms with Crippen LogP contribution < -0.4 is 0 Å². The Morgan fingerprint density at radius 2 is 1.92 bits per heavy atom. The molecule has 24 heavy (non-hydrogen) atoms. The highest BCUT2D eigenvalue weighted by molar-refractivity contribution is 5.94. The van der Waals surface area contributed by atoms with E-state index in [9.17, 15) is 14.3 Å². The molecule has 3 aromatic rings. The van der Waals surface area contributed by atoms with Gasteiger partial charge in [-0.05, 0) is 47.4 Å². The van der Waals surface area contributed by atoms with Crippen LogP contribution in [0.25, 0.3) is 22.0 Å². The van der Waals surface area contributed by atoms with Crippen molar-refractivity contribution in [3.8, 4) is 11.1 Å². The van der Waals surface area contributed by atoms with Gasteiger partial charge >= 0.3 is 5.97 Å². The molecule has 3 rings (SSSR count). The highest BCUT2D eigenvalue weighted by Gasteiger charge is 2.18. The van der Waals surface area contributed by atoms with Crippen molar-refractivity contribution in [2.75, 3.05) is 0 Å². The minimum atomic E-state index is -0.805. The number of carbonyl (C=O) groups is 1. The smallest absolute Gasteiger partial charge is 0.310 e. The monoisotopic (exact) mass is 323 g/mol. The second kappa shape index (κ2) is 6.79. The lowest BCUT2D eigenvalue weighted by molar-refractivity contribution is -0.139. The van der Waals surface area contributed by atoms with Gasteiger partial charge in [-0.15, -0.1) is 0 Å². The van der Waals surface area contributed by atoms with Gasteiger partial charge in [0.05, 0.1) is 11.4 Å². The molecule has 0 saturated carbocycles. The molecular weight excluding hydrogens is 305 g/mol. The molecule has 0 aliphatic heterocycles. The summed E-state index contributed by atoms with van der Waals surface area (Å²) in [6.45, 7) is 1.97. The van der Waals surface area contributed by atoms with Crippen LogP contribution in [0.2, 0.25) is 0 Å². The minimum absolute atomic E-state index is 0.303. The number of pyridine rings is 1. The van der Waals surface area contributed by atoms with Crippen molar-refractivity contribution in [2.45, 2.75) is 25.7 Å². The zero-order valence-corrected chi connectivity index (χ0v) is 13.4. The van der Waals surface area contributed by atoms with Gasteiger partial charge in [-0.3, -0.25) is 9.78 Å². The molecule has 0 aliphatic carbocycles. The highest BCUT2D eigenvalue weighted by atomic mass is 19.1. The lowest BCUT2D eigenvalue weighted by Gasteiger charge is -2.13. The van der Waals surface area contributed by atoms with Crippen LogP contribution in [-0.4, -0.2) is 16.1 Å². The number of carboxylic acids is 1. The van der Waals surface area contributed by atoms with Gasteiger partial charge in [0.25, 0.3) is 0 Å². The fourth-order valence-electron chi connectivity index (χ4n) is 2.99. The summed E-state index contributed by atoms with van der Waals surface area (Å²) in [6.07, 6.45) is 3.12. The first-order valence-corrected chi connectivity index (χ1v) is 7.97. The molecule has 4 heteroatoms. The van der Waals surface area contributed by atoms with Gasteiger partial charge in [-0.2, -0.15) is 0 Å². The Morgan fingerprint density at radius 1 is 1.17 bits per heavy atom. The Labute approximate surface area is 139 Å². The van der Waals surface area contributed by atoms with Crippen LogP contribution >= 0.6 is 0 Å². The number of hydrogen-bond donors (Lipinski definition) is 1. The Kier molecular flexibility index (Phi) is 4.56. The molecule has 3 nitrogen and oxygen atoms in total. The van der Waals surface area contributed by atoms with Crippen LogP contribution in [0.1, 0.15) is 31.2 Å². The van der Waals surface area contributed by atoms with Crippen LogP contribution in [-0.2, 0) is 4.79 Å². The Bertz CT molecular complexity index is 874. The maximum absolute atomic E-state index is 13.6. The largest absolute Gasteiger partial charge is 0.481 e. The Morgan fingerprint density at radius 3 is 2.58 bits per heavy atom. The average molecular weight is 323 g/mol. The van der Waals surface area contributed by atoms with Gasteiger partial charge in [-0.25, -0.2) is 4.39 Å². The summed E-state index contributed by atoms with van der Waals surface area (Å²) in [5.41, 5.74) is 3.32. The minimum Gasteiger partial charge on any atom is -0.481 e. The number of aliphatic carboxylic acids is 1. The quantitative estimate of drug-likeness (QED) is 0.718. The molecule has 0 aliphatic rings. The SMILES string of the molecule is CCCC(C(=O)O)c1ccc(-c2ccnc3ccc(F)cc23)cc1. The summed E-state index contributed by atoms with van der Waals surface area (Å²) < 4.78 is 13.6. The van der Waals surface area contributed by atoms with Gasteiger partial charge in [0, 0.05) is 11.6 Å². The van der Waals surface area contributed by atoms with Crippen LogP contribution in [0, 0.1) is 5.82 Å². The predicted molar refractivity (Wildman–Crippen MR) is 92.4 cm³/mol. The van der Waals surface area contributed by atoms with E-state index >= 15 is 0 Å². The van der Waals surface area contributed by atoms with E-state index < -0.39 is 11.9 Å². The van der Waals surface area contributed by atoms with E-state index in [1.807, 2.05) is 37.3 Å². The zero-order chi connectivity index (χ0) is 17.1. The molecule has 0 bridgehead atoms. The number of benzene rings is 2. The van der Waals surface area contributed by atoms with E-state index in [2.05, 4.69) is 4.98 Å². The maximum Gasteiger partial charge on any atom is 0.310 e. The molecule has 1 unspecified atom stereocenters. The average Bonchev–Trinajstić information content (AvgIpc) is 2.59. The van der Waals surface area contributed by atoms with Crippen molar-refractivity contribution >= 4 is 16.9 Å². The number of hydrogen-bond acceptors (Lipinski definition) is 2. The Hall–Kier alpha value is -2.75. The van der Waals surface area contributed by atoms with Crippen molar-refractivity contribution in [2.24, 2.45) is 0 Å². The van der Waals surface area contributed by atoms with Gasteiger partial charge in [-0.1, -0.05) is 37.6 Å². The Balaban J connectivity index is 2.02. The molecule has 0 fully saturated rings. The summed E-state index contributed by atoms with van der Waals surface area (Å²) in [7, 11) is 0. The van der Waals surface area contributed by atoms with E-state index in [4.69, 9.17) is 0 Å². The van der Waals surface area contributed by atoms with Crippen molar-refractivity contribution < 1.29 is 14.3 Å². The normalized spacial score (nSPS) is 12.2. The summed E-state index contributed by atoms with van der Waals surface area (Å²) >= 11 is 0. The molecule has 1 aromatic heterocycles. The second-order valence-electron chi connectivity index (χ2n) is 5.82. The molecule has 2 aromatic carbocycles. The van der Waals surface area contributed by atoms with Crippen LogP contribution in [0.3, 0.4) is 0 Å². The third-order valence-electron chi connectivity index (χ3n) is 4.20. The van der Waals surface area contributed by atoms with E-state index in [-0.39, 0.29) is 5.82 Å². The van der Waals surface area contributed by atoms with E-state index in [1.165, 1.54) is 12.1 Å². The third kappa shape index (κ3) is 3.13. The van der Waals surface area contributed by atoms with E-state index in [0.717, 1.165) is 34.0 Å². The first kappa shape index (κ1) is 16.1. The predicted octanol–water partition coefficient (Wildman–Crippen LogP) is 5.01. The van der Waals surface area contributed by atoms with Gasteiger partial charge in [0.15, 0.2) is 0 Å². The first-order valence-electron chi connectivity index (χ1n) is 7.97. The van der Waals surface area contributed by atoms with Crippen molar-refractivity contribution in [3.63, 3.8) is 0 Å². The van der Waals surface area contributed by atoms with Crippen molar-refractivity contribution in [3.05, 3.63) is 66.1 Å². The van der Waals surface area contributed by atoms with Gasteiger partial charge < -0.3 is 5.11 Å². The molecule has 0 spiro atoms. The number of carboxylic acid groups (broad SMARTS) is 1. The number of rotatable bonds is 5. The van der Waals surface area contributed by atoms with Crippen LogP contribution in [0.4, 0.5) is 4.39 Å². The fraction of sp³-hybridized carbons (Fsp3) is 0.200. The molecule has 0 saturated heterocycles. The molecule has 1 heterocycles. The van der Waals surface area contributed by atoms with Crippen molar-refractivity contribution in [1.29, 1.82) is 0 Å². The molecule has 1 atom stereocenters. The lowest BCUT2D eigenvalue weighted by atomic mass is 9.92. The lowest BCUT2D eigenvalue weighted by Crippen LogP contribution is -2.11. The number of aromatic nitrogens is 1. The summed E-state index contributed by atoms with van der Waals surface area (Å²) in [6, 6.07) is 13.8. The number of fused-ring (bicyclic) bond motifs is 1. The topological polar surface area (TPSA) is 50.2 Å². The number of nitrogens with zero attached hydrogens (tertiary/aromatic N) is 1. The van der Waals surface area contributed by atoms with Gasteiger partial charge in [0.1, 0.15) is 5.82 Å². The van der Waals surface area contributed by atoms with Crippen LogP contribution in [0.5, 0.6) is 0 Å². The summed E-state index contributed by atoms with van der Waals surface area (Å²) in [4.78, 5) is 15.7. The van der Waals surface area contributed by atoms with E-state index in [1.54, 1.807) is 12.3 Å². The molecule has 0 amide bonds. The molecule has 122 valence electrons. The highest BCUT2D eigenvalue weighted by Crippen LogP contribution is 2.30. The maximum atomic E-state index is 13.6. The second-order valence-corrected chi connectivity index (χ2v) is 5.82. The fourth-order valence-corrected chi connectivity index (χ4v) is 2.99. The van der Waals surface area contributed by atoms with E-state index in [0.29, 0.717) is 6.42 Å². The standard InChI is InChI=1S/C20H18FNO2/c1-2-3-17(20(23)24)14-6-4-13(5-7-14)16-10-11-22-19-9-8-15(21)12-18(16)19/h4-12,17H,2-3H2,1H3,(H,23,24). The molecular formula is C20H18FNO2. The molecule has 0 radical (unpaired) electrons.